The Bertz CT molecular complexity index is 381. The van der Waals surface area contributed by atoms with Crippen LogP contribution in [0.5, 0.6) is 0 Å². The maximum absolute atomic E-state index is 5.74. The van der Waals surface area contributed by atoms with E-state index in [1.165, 1.54) is 18.5 Å². The molecule has 0 spiro atoms. The van der Waals surface area contributed by atoms with Gasteiger partial charge in [-0.3, -0.25) is 0 Å². The average Bonchev–Trinajstić information content (AvgIpc) is 2.89. The Hall–Kier alpha value is -0.0205. The van der Waals surface area contributed by atoms with Crippen molar-refractivity contribution in [2.75, 3.05) is 18.1 Å². The van der Waals surface area contributed by atoms with Crippen LogP contribution in [-0.2, 0) is 4.74 Å². The first-order valence-corrected chi connectivity index (χ1v) is 7.83. The molecule has 0 bridgehead atoms. The van der Waals surface area contributed by atoms with Crippen LogP contribution in [0.2, 0.25) is 0 Å². The third kappa shape index (κ3) is 2.70. The van der Waals surface area contributed by atoms with Crippen LogP contribution < -0.4 is 9.36 Å². The van der Waals surface area contributed by atoms with E-state index in [-0.39, 0.29) is 17.0 Å². The van der Waals surface area contributed by atoms with Crippen LogP contribution in [0, 0.1) is 0 Å². The van der Waals surface area contributed by atoms with E-state index in [2.05, 4.69) is 36.1 Å². The molecule has 1 saturated heterocycles. The number of ether oxygens (including phenoxy) is 1. The predicted molar refractivity (Wildman–Crippen MR) is 77.9 cm³/mol. The molecule has 0 N–H and O–H groups in total. The molecule has 3 rings (SSSR count). The number of fused-ring (bicyclic) bond motifs is 1. The molecule has 0 radical (unpaired) electrons. The molecule has 17 heavy (non-hydrogen) atoms. The molecule has 1 aromatic rings. The summed E-state index contributed by atoms with van der Waals surface area (Å²) in [6.45, 7) is 4.38. The monoisotopic (exact) mass is 363 g/mol. The maximum atomic E-state index is 5.74. The molecule has 2 nitrogen and oxygen atoms in total. The Kier molecular flexibility index (Phi) is 4.53. The van der Waals surface area contributed by atoms with Crippen molar-refractivity contribution in [3.63, 3.8) is 0 Å². The molecular weight excluding hydrogens is 345 g/mol. The second-order valence-corrected chi connectivity index (χ2v) is 7.32. The topological polar surface area (TPSA) is 12.5 Å². The minimum atomic E-state index is 0. The zero-order chi connectivity index (χ0) is 11.0. The third-order valence-corrected chi connectivity index (χ3v) is 5.84. The van der Waals surface area contributed by atoms with E-state index < -0.39 is 0 Å². The van der Waals surface area contributed by atoms with Crippen LogP contribution >= 0.6 is 17.0 Å². The van der Waals surface area contributed by atoms with Gasteiger partial charge in [-0.05, 0) is 0 Å². The van der Waals surface area contributed by atoms with E-state index >= 15 is 0 Å². The van der Waals surface area contributed by atoms with Gasteiger partial charge in [0.15, 0.2) is 0 Å². The van der Waals surface area contributed by atoms with Crippen molar-refractivity contribution in [3.05, 3.63) is 24.3 Å². The first kappa shape index (κ1) is 13.4. The second kappa shape index (κ2) is 5.75. The van der Waals surface area contributed by atoms with Gasteiger partial charge in [0.2, 0.25) is 0 Å². The Morgan fingerprint density at radius 2 is 2.24 bits per heavy atom. The average molecular weight is 363 g/mol. The molecule has 0 amide bonds. The number of para-hydroxylation sites is 1. The first-order valence-electron chi connectivity index (χ1n) is 5.98. The number of rotatable bonds is 2. The van der Waals surface area contributed by atoms with Crippen LogP contribution in [0.15, 0.2) is 24.3 Å². The van der Waals surface area contributed by atoms with Gasteiger partial charge in [-0.15, -0.1) is 17.0 Å². The van der Waals surface area contributed by atoms with Crippen molar-refractivity contribution in [3.8, 4) is 0 Å². The quantitative estimate of drug-likeness (QED) is 0.745. The first-order chi connectivity index (χ1) is 7.84. The fraction of sp³-hybridized carbons (Fsp3) is 0.538. The molecule has 94 valence electrons. The molecule has 2 aliphatic rings. The van der Waals surface area contributed by atoms with Crippen LogP contribution in [0.25, 0.3) is 0 Å². The fourth-order valence-corrected chi connectivity index (χ4v) is 4.92. The van der Waals surface area contributed by atoms with E-state index in [4.69, 9.17) is 4.74 Å². The molecule has 0 saturated carbocycles. The van der Waals surface area contributed by atoms with Crippen LogP contribution in [-0.4, -0.2) is 39.2 Å². The molecular formula is C13H18BrNOSe. The molecule has 2 unspecified atom stereocenters. The van der Waals surface area contributed by atoms with Crippen molar-refractivity contribution in [2.24, 2.45) is 0 Å². The molecule has 1 aromatic carbocycles. The number of nitrogens with zero attached hydrogens (tertiary/aromatic N) is 1. The van der Waals surface area contributed by atoms with Crippen molar-refractivity contribution >= 4 is 42.1 Å². The predicted octanol–water partition coefficient (Wildman–Crippen LogP) is 1.94. The molecule has 0 aliphatic carbocycles. The number of anilines is 1. The van der Waals surface area contributed by atoms with Gasteiger partial charge < -0.3 is 0 Å². The van der Waals surface area contributed by atoms with Gasteiger partial charge in [-0.25, -0.2) is 0 Å². The normalized spacial score (nSPS) is 26.8. The van der Waals surface area contributed by atoms with Crippen LogP contribution in [0.1, 0.15) is 19.8 Å². The van der Waals surface area contributed by atoms with Gasteiger partial charge >= 0.3 is 103 Å². The molecule has 2 atom stereocenters. The van der Waals surface area contributed by atoms with E-state index in [1.807, 2.05) is 0 Å². The van der Waals surface area contributed by atoms with Crippen molar-refractivity contribution in [2.45, 2.75) is 30.8 Å². The van der Waals surface area contributed by atoms with Gasteiger partial charge in [0.1, 0.15) is 0 Å². The third-order valence-electron chi connectivity index (χ3n) is 3.34. The summed E-state index contributed by atoms with van der Waals surface area (Å²) in [7, 11) is 0. The molecule has 0 aromatic heterocycles. The standard InChI is InChI=1S/C13H17NOSe.BrH/c1-10-14(9-11-5-4-8-15-11)12-6-2-3-7-13(12)16-10;/h2-3,6-7,10-11H,4-5,8-9H2,1H3;1H. The van der Waals surface area contributed by atoms with E-state index in [0.29, 0.717) is 26.0 Å². The summed E-state index contributed by atoms with van der Waals surface area (Å²) in [6, 6.07) is 8.84. The Balaban J connectivity index is 0.00000108. The van der Waals surface area contributed by atoms with E-state index in [1.54, 1.807) is 4.46 Å². The molecule has 4 heteroatoms. The fourth-order valence-electron chi connectivity index (χ4n) is 2.49. The van der Waals surface area contributed by atoms with Gasteiger partial charge in [0, 0.05) is 0 Å². The molecule has 2 heterocycles. The number of hydrogen-bond donors (Lipinski definition) is 0. The van der Waals surface area contributed by atoms with Gasteiger partial charge in [0.05, 0.1) is 0 Å². The molecule has 2 aliphatic heterocycles. The zero-order valence-electron chi connectivity index (χ0n) is 9.96. The Labute approximate surface area is 120 Å². The second-order valence-electron chi connectivity index (χ2n) is 4.47. The SMILES string of the molecule is Br.CC1[Se]c2ccccc2N1CC1CCCO1. The summed E-state index contributed by atoms with van der Waals surface area (Å²) >= 11 is 0.606. The number of hydrogen-bond acceptors (Lipinski definition) is 2. The number of benzene rings is 1. The van der Waals surface area contributed by atoms with Gasteiger partial charge in [-0.1, -0.05) is 0 Å². The van der Waals surface area contributed by atoms with Crippen molar-refractivity contribution in [1.29, 1.82) is 0 Å². The van der Waals surface area contributed by atoms with Crippen LogP contribution in [0.4, 0.5) is 5.69 Å². The van der Waals surface area contributed by atoms with Gasteiger partial charge in [-0.2, -0.15) is 0 Å². The van der Waals surface area contributed by atoms with Crippen molar-refractivity contribution in [1.82, 2.24) is 0 Å². The number of halogens is 1. The Morgan fingerprint density at radius 3 is 3.00 bits per heavy atom. The summed E-state index contributed by atoms with van der Waals surface area (Å²) < 4.78 is 7.30. The van der Waals surface area contributed by atoms with Crippen molar-refractivity contribution < 1.29 is 4.74 Å². The molecule has 1 fully saturated rings. The summed E-state index contributed by atoms with van der Waals surface area (Å²) in [4.78, 5) is 3.24. The summed E-state index contributed by atoms with van der Waals surface area (Å²) in [5.41, 5.74) is 1.45. The van der Waals surface area contributed by atoms with E-state index in [9.17, 15) is 0 Å². The van der Waals surface area contributed by atoms with Crippen LogP contribution in [0.3, 0.4) is 0 Å². The van der Waals surface area contributed by atoms with E-state index in [0.717, 1.165) is 13.2 Å². The summed E-state index contributed by atoms with van der Waals surface area (Å²) in [5.74, 6) is 0. The summed E-state index contributed by atoms with van der Waals surface area (Å²) in [6.07, 6.45) is 2.93. The van der Waals surface area contributed by atoms with Gasteiger partial charge in [0.25, 0.3) is 0 Å². The Morgan fingerprint density at radius 1 is 1.41 bits per heavy atom. The minimum absolute atomic E-state index is 0. The summed E-state index contributed by atoms with van der Waals surface area (Å²) in [5, 5.41) is 0. The zero-order valence-corrected chi connectivity index (χ0v) is 13.4.